The molecule has 0 aromatic heterocycles. The van der Waals surface area contributed by atoms with Crippen LogP contribution in [0.2, 0.25) is 0 Å². The highest BCUT2D eigenvalue weighted by Crippen LogP contribution is 2.30. The zero-order chi connectivity index (χ0) is 15.5. The molecule has 0 unspecified atom stereocenters. The SMILES string of the molecule is CNS(=O)(=O)c1cc(N)ccc1N(C)CC1CCCCC1. The van der Waals surface area contributed by atoms with Crippen LogP contribution in [0.15, 0.2) is 23.1 Å². The van der Waals surface area contributed by atoms with Crippen LogP contribution in [0, 0.1) is 5.92 Å². The lowest BCUT2D eigenvalue weighted by atomic mass is 9.89. The van der Waals surface area contributed by atoms with Crippen LogP contribution in [0.4, 0.5) is 11.4 Å². The summed E-state index contributed by atoms with van der Waals surface area (Å²) in [5, 5.41) is 0. The third-order valence-electron chi connectivity index (χ3n) is 4.21. The van der Waals surface area contributed by atoms with Crippen molar-refractivity contribution in [1.29, 1.82) is 0 Å². The van der Waals surface area contributed by atoms with Gasteiger partial charge in [0.05, 0.1) is 5.69 Å². The average molecular weight is 311 g/mol. The van der Waals surface area contributed by atoms with Crippen LogP contribution in [0.3, 0.4) is 0 Å². The zero-order valence-electron chi connectivity index (χ0n) is 12.8. The van der Waals surface area contributed by atoms with Crippen LogP contribution >= 0.6 is 0 Å². The number of benzene rings is 1. The number of nitrogens with two attached hydrogens (primary N) is 1. The lowest BCUT2D eigenvalue weighted by Gasteiger charge is -2.29. The Hall–Kier alpha value is -1.27. The summed E-state index contributed by atoms with van der Waals surface area (Å²) >= 11 is 0. The zero-order valence-corrected chi connectivity index (χ0v) is 13.6. The minimum atomic E-state index is -3.51. The van der Waals surface area contributed by atoms with Gasteiger partial charge in [-0.2, -0.15) is 0 Å². The van der Waals surface area contributed by atoms with E-state index in [4.69, 9.17) is 5.73 Å². The number of hydrogen-bond donors (Lipinski definition) is 2. The van der Waals surface area contributed by atoms with Crippen molar-refractivity contribution < 1.29 is 8.42 Å². The first-order valence-electron chi connectivity index (χ1n) is 7.48. The first-order valence-corrected chi connectivity index (χ1v) is 8.96. The fraction of sp³-hybridized carbons (Fsp3) is 0.600. The number of nitrogens with one attached hydrogen (secondary N) is 1. The van der Waals surface area contributed by atoms with Gasteiger partial charge in [-0.25, -0.2) is 13.1 Å². The molecule has 0 aliphatic heterocycles. The van der Waals surface area contributed by atoms with Crippen molar-refractivity contribution in [3.63, 3.8) is 0 Å². The quantitative estimate of drug-likeness (QED) is 0.817. The van der Waals surface area contributed by atoms with E-state index >= 15 is 0 Å². The molecular weight excluding hydrogens is 286 g/mol. The van der Waals surface area contributed by atoms with Gasteiger partial charge in [-0.3, -0.25) is 0 Å². The summed E-state index contributed by atoms with van der Waals surface area (Å²) in [6.45, 7) is 0.885. The molecule has 1 fully saturated rings. The fourth-order valence-electron chi connectivity index (χ4n) is 3.03. The predicted molar refractivity (Wildman–Crippen MR) is 86.9 cm³/mol. The molecular formula is C15H25N3O2S. The van der Waals surface area contributed by atoms with Crippen molar-refractivity contribution >= 4 is 21.4 Å². The maximum Gasteiger partial charge on any atom is 0.242 e. The first-order chi connectivity index (χ1) is 9.94. The van der Waals surface area contributed by atoms with Gasteiger partial charge < -0.3 is 10.6 Å². The van der Waals surface area contributed by atoms with Crippen LogP contribution in [0.5, 0.6) is 0 Å². The Balaban J connectivity index is 2.25. The van der Waals surface area contributed by atoms with Gasteiger partial charge in [0, 0.05) is 19.3 Å². The Morgan fingerprint density at radius 1 is 1.29 bits per heavy atom. The van der Waals surface area contributed by atoms with E-state index in [-0.39, 0.29) is 4.90 Å². The Morgan fingerprint density at radius 2 is 1.95 bits per heavy atom. The number of nitrogens with zero attached hydrogens (tertiary/aromatic N) is 1. The van der Waals surface area contributed by atoms with Crippen molar-refractivity contribution in [2.75, 3.05) is 31.3 Å². The second-order valence-electron chi connectivity index (χ2n) is 5.82. The minimum Gasteiger partial charge on any atom is -0.399 e. The number of rotatable bonds is 5. The third-order valence-corrected chi connectivity index (χ3v) is 5.65. The smallest absolute Gasteiger partial charge is 0.242 e. The van der Waals surface area contributed by atoms with E-state index in [0.29, 0.717) is 17.3 Å². The van der Waals surface area contributed by atoms with Gasteiger partial charge in [0.15, 0.2) is 0 Å². The van der Waals surface area contributed by atoms with Gasteiger partial charge >= 0.3 is 0 Å². The molecule has 2 rings (SSSR count). The summed E-state index contributed by atoms with van der Waals surface area (Å²) < 4.78 is 26.7. The molecule has 0 spiro atoms. The van der Waals surface area contributed by atoms with Crippen LogP contribution in [-0.2, 0) is 10.0 Å². The van der Waals surface area contributed by atoms with Gasteiger partial charge in [-0.05, 0) is 44.0 Å². The summed E-state index contributed by atoms with van der Waals surface area (Å²) in [5.74, 6) is 0.645. The number of nitrogen functional groups attached to an aromatic ring is 1. The Kier molecular flexibility index (Phi) is 5.11. The van der Waals surface area contributed by atoms with E-state index in [9.17, 15) is 8.42 Å². The van der Waals surface area contributed by atoms with Crippen LogP contribution in [-0.4, -0.2) is 29.1 Å². The monoisotopic (exact) mass is 311 g/mol. The molecule has 0 amide bonds. The van der Waals surface area contributed by atoms with Crippen molar-refractivity contribution in [3.05, 3.63) is 18.2 Å². The maximum atomic E-state index is 12.2. The highest BCUT2D eigenvalue weighted by Gasteiger charge is 2.22. The van der Waals surface area contributed by atoms with Crippen molar-refractivity contribution in [1.82, 2.24) is 4.72 Å². The number of sulfonamides is 1. The van der Waals surface area contributed by atoms with E-state index in [1.807, 2.05) is 11.9 Å². The lowest BCUT2D eigenvalue weighted by Crippen LogP contribution is -2.29. The van der Waals surface area contributed by atoms with Gasteiger partial charge in [0.1, 0.15) is 4.90 Å². The summed E-state index contributed by atoms with van der Waals surface area (Å²) in [5.41, 5.74) is 6.92. The minimum absolute atomic E-state index is 0.253. The molecule has 1 aliphatic rings. The maximum absolute atomic E-state index is 12.2. The first kappa shape index (κ1) is 16.1. The molecule has 1 aliphatic carbocycles. The van der Waals surface area contributed by atoms with Gasteiger partial charge in [-0.1, -0.05) is 19.3 Å². The summed E-state index contributed by atoms with van der Waals surface area (Å²) in [6.07, 6.45) is 6.34. The molecule has 5 nitrogen and oxygen atoms in total. The van der Waals surface area contributed by atoms with Crippen molar-refractivity contribution in [3.8, 4) is 0 Å². The van der Waals surface area contributed by atoms with E-state index in [1.165, 1.54) is 45.2 Å². The van der Waals surface area contributed by atoms with E-state index in [0.717, 1.165) is 6.54 Å². The molecule has 0 heterocycles. The molecule has 21 heavy (non-hydrogen) atoms. The number of anilines is 2. The van der Waals surface area contributed by atoms with Crippen LogP contribution in [0.1, 0.15) is 32.1 Å². The average Bonchev–Trinajstić information content (AvgIpc) is 2.48. The second kappa shape index (κ2) is 6.66. The Bertz CT molecular complexity index is 581. The van der Waals surface area contributed by atoms with Crippen molar-refractivity contribution in [2.45, 2.75) is 37.0 Å². The van der Waals surface area contributed by atoms with Crippen LogP contribution < -0.4 is 15.4 Å². The Morgan fingerprint density at radius 3 is 2.57 bits per heavy atom. The molecule has 6 heteroatoms. The van der Waals surface area contributed by atoms with E-state index in [2.05, 4.69) is 4.72 Å². The molecule has 1 aromatic rings. The fourth-order valence-corrected chi connectivity index (χ4v) is 4.04. The highest BCUT2D eigenvalue weighted by atomic mass is 32.2. The highest BCUT2D eigenvalue weighted by molar-refractivity contribution is 7.89. The lowest BCUT2D eigenvalue weighted by molar-refractivity contribution is 0.362. The molecule has 3 N–H and O–H groups in total. The van der Waals surface area contributed by atoms with Gasteiger partial charge in [0.25, 0.3) is 0 Å². The molecule has 1 aromatic carbocycles. The topological polar surface area (TPSA) is 75.4 Å². The molecule has 0 saturated heterocycles. The molecule has 0 radical (unpaired) electrons. The number of hydrogen-bond acceptors (Lipinski definition) is 4. The summed E-state index contributed by atoms with van der Waals surface area (Å²) in [6, 6.07) is 5.07. The summed E-state index contributed by atoms with van der Waals surface area (Å²) in [4.78, 5) is 2.29. The van der Waals surface area contributed by atoms with Gasteiger partial charge in [-0.15, -0.1) is 0 Å². The largest absolute Gasteiger partial charge is 0.399 e. The van der Waals surface area contributed by atoms with Gasteiger partial charge in [0.2, 0.25) is 10.0 Å². The normalized spacial score (nSPS) is 16.9. The van der Waals surface area contributed by atoms with E-state index in [1.54, 1.807) is 12.1 Å². The molecule has 118 valence electrons. The summed E-state index contributed by atoms with van der Waals surface area (Å²) in [7, 11) is -0.136. The standard InChI is InChI=1S/C15H25N3O2S/c1-17-21(19,20)15-10-13(16)8-9-14(15)18(2)11-12-6-4-3-5-7-12/h8-10,12,17H,3-7,11,16H2,1-2H3. The van der Waals surface area contributed by atoms with Crippen LogP contribution in [0.25, 0.3) is 0 Å². The Labute approximate surface area is 127 Å². The molecule has 0 atom stereocenters. The van der Waals surface area contributed by atoms with Crippen molar-refractivity contribution in [2.24, 2.45) is 5.92 Å². The third kappa shape index (κ3) is 3.89. The second-order valence-corrected chi connectivity index (χ2v) is 7.67. The van der Waals surface area contributed by atoms with E-state index < -0.39 is 10.0 Å². The molecule has 1 saturated carbocycles. The predicted octanol–water partition coefficient (Wildman–Crippen LogP) is 2.19. The molecule has 0 bridgehead atoms.